The Kier molecular flexibility index (Phi) is 14.5. The average molecular weight is 1000 g/mol. The molecule has 15 nitrogen and oxygen atoms in total. The van der Waals surface area contributed by atoms with E-state index < -0.39 is 12.7 Å². The van der Waals surface area contributed by atoms with Crippen molar-refractivity contribution >= 4 is 66.8 Å². The quantitative estimate of drug-likeness (QED) is 0.0479. The van der Waals surface area contributed by atoms with Crippen LogP contribution in [-0.4, -0.2) is 99.6 Å². The lowest BCUT2D eigenvalue weighted by molar-refractivity contribution is -0.134. The third kappa shape index (κ3) is 10.8. The zero-order valence-electron chi connectivity index (χ0n) is 41.4. The zero-order chi connectivity index (χ0) is 49.8. The Morgan fingerprint density at radius 2 is 1.70 bits per heavy atom. The van der Waals surface area contributed by atoms with Crippen molar-refractivity contribution in [1.29, 1.82) is 0 Å². The predicted octanol–water partition coefficient (Wildman–Crippen LogP) is 8.98. The summed E-state index contributed by atoms with van der Waals surface area (Å²) in [6.07, 6.45) is 9.99. The molecule has 1 saturated carbocycles. The van der Waals surface area contributed by atoms with Crippen molar-refractivity contribution in [3.8, 4) is 16.9 Å². The van der Waals surface area contributed by atoms with E-state index in [1.54, 1.807) is 0 Å². The minimum Gasteiger partial charge on any atom is -0.490 e. The molecule has 3 aromatic heterocycles. The molecular formula is C57H63N9O6S. The van der Waals surface area contributed by atoms with E-state index in [9.17, 15) is 19.5 Å². The van der Waals surface area contributed by atoms with Gasteiger partial charge in [-0.25, -0.2) is 9.97 Å². The summed E-state index contributed by atoms with van der Waals surface area (Å²) in [4.78, 5) is 55.0. The monoisotopic (exact) mass is 1000 g/mol. The molecule has 1 atom stereocenters. The summed E-state index contributed by atoms with van der Waals surface area (Å²) in [5.41, 5.74) is 9.21. The lowest BCUT2D eigenvalue weighted by Crippen LogP contribution is -2.46. The highest BCUT2D eigenvalue weighted by Gasteiger charge is 2.32. The maximum absolute atomic E-state index is 13.7. The molecule has 6 heterocycles. The first-order valence-corrected chi connectivity index (χ1v) is 26.8. The number of aliphatic hydroxyl groups excluding tert-OH is 1. The normalized spacial score (nSPS) is 19.6. The van der Waals surface area contributed by atoms with Crippen LogP contribution >= 0.6 is 11.3 Å². The number of benzene rings is 4. The van der Waals surface area contributed by atoms with Gasteiger partial charge in [0, 0.05) is 74.9 Å². The fourth-order valence-corrected chi connectivity index (χ4v) is 12.3. The second kappa shape index (κ2) is 21.8. The molecule has 378 valence electrons. The Morgan fingerprint density at radius 1 is 0.849 bits per heavy atom. The van der Waals surface area contributed by atoms with Crippen molar-refractivity contribution in [2.24, 2.45) is 13.0 Å². The Hall–Kier alpha value is -6.72. The van der Waals surface area contributed by atoms with Crippen LogP contribution in [0.1, 0.15) is 96.6 Å². The molecule has 3 aliphatic heterocycles. The topological polar surface area (TPSA) is 167 Å². The van der Waals surface area contributed by atoms with Crippen LogP contribution in [0.4, 0.5) is 16.6 Å². The third-order valence-corrected chi connectivity index (χ3v) is 16.3. The Labute approximate surface area is 429 Å². The molecule has 4 aromatic carbocycles. The summed E-state index contributed by atoms with van der Waals surface area (Å²) in [5, 5.41) is 21.5. The van der Waals surface area contributed by atoms with Crippen LogP contribution in [0.15, 0.2) is 97.1 Å². The fourth-order valence-electron chi connectivity index (χ4n) is 11.4. The first-order valence-electron chi connectivity index (χ1n) is 26.0. The zero-order valence-corrected chi connectivity index (χ0v) is 42.2. The van der Waals surface area contributed by atoms with Crippen LogP contribution in [0.25, 0.3) is 32.2 Å². The SMILES string of the molecule is Cn1nc(C2CCC(=O)NC2=O)c2ccc(N3CCN(CCCCC4CCC(Oc5cccc(-c6ccc(N7CCc8cccc(C(=O)Nc9nc%10ccccc%10s9)c8C7)nc6COCO)c5)CC4)CC3)cc21. The lowest BCUT2D eigenvalue weighted by atomic mass is 9.84. The van der Waals surface area contributed by atoms with Gasteiger partial charge in [0.25, 0.3) is 5.91 Å². The number of carbonyl (C=O) groups excluding carboxylic acids is 3. The van der Waals surface area contributed by atoms with Crippen LogP contribution in [-0.2, 0) is 40.9 Å². The molecule has 2 saturated heterocycles. The number of nitrogens with zero attached hydrogens (tertiary/aromatic N) is 7. The van der Waals surface area contributed by atoms with E-state index in [-0.39, 0.29) is 30.4 Å². The molecule has 4 aliphatic rings. The smallest absolute Gasteiger partial charge is 0.257 e. The van der Waals surface area contributed by atoms with Gasteiger partial charge in [-0.05, 0) is 135 Å². The number of carbonyl (C=O) groups is 3. The van der Waals surface area contributed by atoms with Crippen molar-refractivity contribution in [3.63, 3.8) is 0 Å². The minimum atomic E-state index is -0.411. The number of pyridine rings is 1. The number of hydrogen-bond acceptors (Lipinski definition) is 13. The number of piperidine rings is 1. The first-order chi connectivity index (χ1) is 35.7. The first kappa shape index (κ1) is 48.5. The fraction of sp³-hybridized carbons (Fsp3) is 0.404. The maximum atomic E-state index is 13.7. The van der Waals surface area contributed by atoms with Gasteiger partial charge in [0.15, 0.2) is 5.13 Å². The number of amides is 3. The molecule has 11 rings (SSSR count). The Morgan fingerprint density at radius 3 is 2.53 bits per heavy atom. The molecule has 0 spiro atoms. The van der Waals surface area contributed by atoms with Gasteiger partial charge in [-0.3, -0.25) is 34.6 Å². The largest absolute Gasteiger partial charge is 0.490 e. The number of fused-ring (bicyclic) bond motifs is 3. The number of nitrogens with one attached hydrogen (secondary N) is 2. The van der Waals surface area contributed by atoms with E-state index in [1.807, 2.05) is 66.3 Å². The second-order valence-electron chi connectivity index (χ2n) is 20.0. The number of anilines is 3. The van der Waals surface area contributed by atoms with Crippen LogP contribution in [0, 0.1) is 5.92 Å². The van der Waals surface area contributed by atoms with Crippen LogP contribution < -0.4 is 25.2 Å². The summed E-state index contributed by atoms with van der Waals surface area (Å²) >= 11 is 1.47. The van der Waals surface area contributed by atoms with Gasteiger partial charge in [-0.2, -0.15) is 5.10 Å². The molecule has 7 aromatic rings. The third-order valence-electron chi connectivity index (χ3n) is 15.4. The van der Waals surface area contributed by atoms with E-state index in [0.29, 0.717) is 30.1 Å². The number of hydrogen-bond donors (Lipinski definition) is 3. The summed E-state index contributed by atoms with van der Waals surface area (Å²) in [7, 11) is 1.93. The summed E-state index contributed by atoms with van der Waals surface area (Å²) in [6, 6.07) is 32.6. The Bertz CT molecular complexity index is 3110. The van der Waals surface area contributed by atoms with Crippen molar-refractivity contribution < 1.29 is 29.0 Å². The van der Waals surface area contributed by atoms with Crippen LogP contribution in [0.5, 0.6) is 5.75 Å². The number of aryl methyl sites for hydroxylation is 1. The van der Waals surface area contributed by atoms with Crippen molar-refractivity contribution in [2.75, 3.05) is 61.2 Å². The number of aromatic nitrogens is 4. The number of para-hydroxylation sites is 1. The van der Waals surface area contributed by atoms with Crippen LogP contribution in [0.2, 0.25) is 0 Å². The molecule has 73 heavy (non-hydrogen) atoms. The number of unbranched alkanes of at least 4 members (excludes halogenated alkanes) is 1. The van der Waals surface area contributed by atoms with E-state index in [2.05, 4.69) is 72.8 Å². The van der Waals surface area contributed by atoms with Gasteiger partial charge in [0.1, 0.15) is 18.4 Å². The van der Waals surface area contributed by atoms with Gasteiger partial charge in [-0.1, -0.05) is 60.6 Å². The van der Waals surface area contributed by atoms with Crippen molar-refractivity contribution in [1.82, 2.24) is 30.0 Å². The highest BCUT2D eigenvalue weighted by Crippen LogP contribution is 2.36. The van der Waals surface area contributed by atoms with E-state index in [0.717, 1.165) is 131 Å². The molecule has 3 fully saturated rings. The van der Waals surface area contributed by atoms with E-state index >= 15 is 0 Å². The molecule has 0 radical (unpaired) electrons. The molecule has 1 unspecified atom stereocenters. The van der Waals surface area contributed by atoms with Gasteiger partial charge < -0.3 is 24.4 Å². The van der Waals surface area contributed by atoms with Crippen LogP contribution in [0.3, 0.4) is 0 Å². The lowest BCUT2D eigenvalue weighted by Gasteiger charge is -2.36. The Balaban J connectivity index is 0.642. The highest BCUT2D eigenvalue weighted by molar-refractivity contribution is 7.22. The number of ether oxygens (including phenoxy) is 2. The number of imide groups is 1. The molecule has 3 amide bonds. The second-order valence-corrected chi connectivity index (χ2v) is 21.1. The number of thiazole rings is 1. The predicted molar refractivity (Wildman–Crippen MR) is 285 cm³/mol. The number of rotatable bonds is 16. The van der Waals surface area contributed by atoms with Gasteiger partial charge >= 0.3 is 0 Å². The number of piperazine rings is 1. The molecular weight excluding hydrogens is 939 g/mol. The molecule has 1 aliphatic carbocycles. The molecule has 16 heteroatoms. The minimum absolute atomic E-state index is 0.148. The number of aliphatic hydroxyl groups is 1. The summed E-state index contributed by atoms with van der Waals surface area (Å²) in [6.45, 7) is 6.18. The van der Waals surface area contributed by atoms with Crippen molar-refractivity contribution in [3.05, 3.63) is 125 Å². The van der Waals surface area contributed by atoms with E-state index in [4.69, 9.17) is 19.6 Å². The van der Waals surface area contributed by atoms with Crippen molar-refractivity contribution in [2.45, 2.75) is 89.4 Å². The summed E-state index contributed by atoms with van der Waals surface area (Å²) in [5.74, 6) is 1.34. The van der Waals surface area contributed by atoms with Gasteiger partial charge in [-0.15, -0.1) is 0 Å². The molecule has 0 bridgehead atoms. The summed E-state index contributed by atoms with van der Waals surface area (Å²) < 4.78 is 15.1. The maximum Gasteiger partial charge on any atom is 0.257 e. The van der Waals surface area contributed by atoms with Gasteiger partial charge in [0.05, 0.1) is 45.7 Å². The van der Waals surface area contributed by atoms with E-state index in [1.165, 1.54) is 49.1 Å². The molecule has 3 N–H and O–H groups in total. The highest BCUT2D eigenvalue weighted by atomic mass is 32.1. The average Bonchev–Trinajstić information content (AvgIpc) is 3.98. The standard InChI is InChI=1S/C57H63N9O6S/c1-63-50-33-40(17-20-45(50)54(62-63)46-22-24-53(68)60-56(46)70)65-30-28-64(29-31-65)26-5-4-8-37-15-18-41(19-16-37)72-42-11-6-10-39(32-42)43-21-23-52(58-49(43)35-71-36-67)66-27-25-38-9-7-12-44(47(38)34-66)55(69)61-57-59-48-13-2-3-14-51(48)73-57/h2-3,6-7,9-14,17,20-21,23,32-33,37,41,46,67H,4-5,8,15-16,18-19,22,24-31,34-36H2,1H3,(H,59,61,69)(H,60,68,70). The van der Waals surface area contributed by atoms with Gasteiger partial charge in [0.2, 0.25) is 11.8 Å².